The molecule has 58 heavy (non-hydrogen) atoms. The van der Waals surface area contributed by atoms with Gasteiger partial charge in [-0.15, -0.1) is 0 Å². The van der Waals surface area contributed by atoms with Gasteiger partial charge in [-0.05, 0) is 6.92 Å². The zero-order chi connectivity index (χ0) is 43.3. The van der Waals surface area contributed by atoms with Gasteiger partial charge in [0.05, 0.1) is 39.1 Å². The molecule has 0 spiro atoms. The number of hydrogen-bond donors (Lipinski definition) is 17. The molecule has 4 saturated heterocycles. The molecule has 17 N–H and O–H groups in total. The molecule has 4 rings (SSSR count). The van der Waals surface area contributed by atoms with Gasteiger partial charge < -0.3 is 125 Å². The van der Waals surface area contributed by atoms with Crippen LogP contribution in [0.5, 0.6) is 0 Å². The molecule has 0 bridgehead atoms. The van der Waals surface area contributed by atoms with E-state index < -0.39 is 186 Å². The molecular weight excluding hydrogens is 798 g/mol. The van der Waals surface area contributed by atoms with Crippen molar-refractivity contribution in [3.05, 3.63) is 0 Å². The number of aliphatic hydroxyl groups is 16. The van der Waals surface area contributed by atoms with Gasteiger partial charge in [-0.2, -0.15) is 0 Å². The van der Waals surface area contributed by atoms with Crippen LogP contribution in [-0.2, 0) is 42.7 Å². The number of carbonyl (C=O) groups excluding carboxylic acids is 1. The highest BCUT2D eigenvalue weighted by Gasteiger charge is 2.55. The Morgan fingerprint density at radius 3 is 1.64 bits per heavy atom. The van der Waals surface area contributed by atoms with Gasteiger partial charge in [-0.1, -0.05) is 0 Å². The van der Waals surface area contributed by atoms with Crippen LogP contribution in [0.1, 0.15) is 13.8 Å². The van der Waals surface area contributed by atoms with E-state index in [1.54, 1.807) is 0 Å². The van der Waals surface area contributed by atoms with E-state index in [2.05, 4.69) is 5.32 Å². The van der Waals surface area contributed by atoms with Gasteiger partial charge in [-0.3, -0.25) is 4.79 Å². The number of hydrogen-bond acceptors (Lipinski definition) is 25. The fraction of sp³-hybridized carbons (Fsp3) is 0.969. The molecule has 24 atom stereocenters. The molecule has 4 aliphatic rings. The average molecular weight is 856 g/mol. The molecule has 0 saturated carbocycles. The number of aliphatic hydroxyl groups excluding tert-OH is 16. The van der Waals surface area contributed by atoms with Gasteiger partial charge in [0, 0.05) is 6.92 Å². The summed E-state index contributed by atoms with van der Waals surface area (Å²) >= 11 is 0. The van der Waals surface area contributed by atoms with Crippen LogP contribution in [0, 0.1) is 0 Å². The Hall–Kier alpha value is -1.49. The molecule has 0 aromatic rings. The Kier molecular flexibility index (Phi) is 18.3. The summed E-state index contributed by atoms with van der Waals surface area (Å²) in [5.74, 6) is -0.698. The predicted octanol–water partition coefficient (Wildman–Crippen LogP) is -11.1. The normalized spacial score (nSPS) is 45.9. The van der Waals surface area contributed by atoms with E-state index in [-0.39, 0.29) is 0 Å². The summed E-state index contributed by atoms with van der Waals surface area (Å²) in [5.41, 5.74) is 0. The first kappa shape index (κ1) is 49.2. The first-order chi connectivity index (χ1) is 27.3. The SMILES string of the molecule is CC(=O)N[C@H]1[C@H](OC[C@@H](O)[C@H](O)[C@H](O[C@@H]2O[C@H](CO)[C@H](O[C@@H]3O[C@H](CO)[C@H](O)[C@H](O)[C@H]3O)[C@H](O)[C@H]2O[C@@H]2O[C@@H](C)[C@@H](O)[C@@H](O)[C@@H]2O)[C@@H](O)CO)O[C@H](CO)[C@@H](O)[C@@H]1O. The van der Waals surface area contributed by atoms with Crippen molar-refractivity contribution in [3.8, 4) is 0 Å². The van der Waals surface area contributed by atoms with Gasteiger partial charge in [0.15, 0.2) is 25.2 Å². The molecule has 0 aromatic heterocycles. The highest BCUT2D eigenvalue weighted by atomic mass is 16.8. The highest BCUT2D eigenvalue weighted by Crippen LogP contribution is 2.34. The minimum Gasteiger partial charge on any atom is -0.394 e. The Bertz CT molecular complexity index is 1260. The van der Waals surface area contributed by atoms with E-state index in [1.165, 1.54) is 6.92 Å². The summed E-state index contributed by atoms with van der Waals surface area (Å²) in [7, 11) is 0. The molecule has 4 aliphatic heterocycles. The summed E-state index contributed by atoms with van der Waals surface area (Å²) in [5, 5.41) is 170. The molecule has 0 radical (unpaired) electrons. The second-order valence-corrected chi connectivity index (χ2v) is 14.5. The summed E-state index contributed by atoms with van der Waals surface area (Å²) in [6.07, 6.45) is -42.8. The predicted molar refractivity (Wildman–Crippen MR) is 179 cm³/mol. The lowest BCUT2D eigenvalue weighted by Crippen LogP contribution is -2.67. The molecule has 4 heterocycles. The first-order valence-electron chi connectivity index (χ1n) is 18.4. The zero-order valence-electron chi connectivity index (χ0n) is 31.2. The second-order valence-electron chi connectivity index (χ2n) is 14.5. The van der Waals surface area contributed by atoms with E-state index in [9.17, 15) is 86.5 Å². The maximum atomic E-state index is 11.8. The van der Waals surface area contributed by atoms with Crippen molar-refractivity contribution in [2.24, 2.45) is 0 Å². The van der Waals surface area contributed by atoms with Gasteiger partial charge in [0.25, 0.3) is 0 Å². The van der Waals surface area contributed by atoms with Crippen LogP contribution >= 0.6 is 0 Å². The molecule has 0 aliphatic carbocycles. The van der Waals surface area contributed by atoms with Crippen molar-refractivity contribution in [1.29, 1.82) is 0 Å². The van der Waals surface area contributed by atoms with Gasteiger partial charge in [0.1, 0.15) is 116 Å². The van der Waals surface area contributed by atoms with Crippen LogP contribution < -0.4 is 5.32 Å². The standard InChI is InChI=1S/C32H57NO25/c1-8-16(41)21(46)23(48)30(52-8)58-28-25(50)27(57-31-24(49)22(47)19(44)13(5-36)54-31)14(6-37)55-32(28)56-26(10(39)3-34)17(42)11(40)7-51-29-15(33-9(2)38)20(45)18(43)12(4-35)53-29/h8,10-32,34-37,39-50H,3-7H2,1-2H3,(H,33,38)/t8-,10-,11+,12+,13+,14+,15+,16+,17-,18+,19-,20+,21+,22-,23-,24+,25-,26+,27-,28+,29+,30-,31-,32-/m0/s1. The average Bonchev–Trinajstić information content (AvgIpc) is 3.20. The number of rotatable bonds is 17. The van der Waals surface area contributed by atoms with Crippen LogP contribution in [0.4, 0.5) is 0 Å². The van der Waals surface area contributed by atoms with E-state index in [0.29, 0.717) is 0 Å². The van der Waals surface area contributed by atoms with E-state index in [4.69, 9.17) is 37.9 Å². The Morgan fingerprint density at radius 1 is 0.586 bits per heavy atom. The monoisotopic (exact) mass is 855 g/mol. The number of amides is 1. The Balaban J connectivity index is 1.60. The fourth-order valence-electron chi connectivity index (χ4n) is 6.86. The van der Waals surface area contributed by atoms with Crippen molar-refractivity contribution in [2.75, 3.05) is 33.0 Å². The lowest BCUT2D eigenvalue weighted by Gasteiger charge is -2.49. The van der Waals surface area contributed by atoms with Crippen molar-refractivity contribution in [1.82, 2.24) is 5.32 Å². The van der Waals surface area contributed by atoms with Crippen LogP contribution in [0.3, 0.4) is 0 Å². The van der Waals surface area contributed by atoms with E-state index in [1.807, 2.05) is 0 Å². The third-order valence-corrected chi connectivity index (χ3v) is 10.3. The zero-order valence-corrected chi connectivity index (χ0v) is 31.2. The van der Waals surface area contributed by atoms with E-state index >= 15 is 0 Å². The Morgan fingerprint density at radius 2 is 1.09 bits per heavy atom. The fourth-order valence-corrected chi connectivity index (χ4v) is 6.86. The Labute approximate surface area is 329 Å². The molecular formula is C32H57NO25. The highest BCUT2D eigenvalue weighted by molar-refractivity contribution is 5.73. The van der Waals surface area contributed by atoms with Gasteiger partial charge in [0.2, 0.25) is 5.91 Å². The van der Waals surface area contributed by atoms with Gasteiger partial charge in [-0.25, -0.2) is 0 Å². The van der Waals surface area contributed by atoms with Gasteiger partial charge >= 0.3 is 0 Å². The van der Waals surface area contributed by atoms with Crippen molar-refractivity contribution in [2.45, 2.75) is 161 Å². The maximum Gasteiger partial charge on any atom is 0.217 e. The van der Waals surface area contributed by atoms with E-state index in [0.717, 1.165) is 6.92 Å². The smallest absolute Gasteiger partial charge is 0.217 e. The topological polar surface area (TPSA) is 427 Å². The maximum absolute atomic E-state index is 11.8. The minimum absolute atomic E-state index is 0.698. The van der Waals surface area contributed by atoms with Crippen LogP contribution in [0.2, 0.25) is 0 Å². The molecule has 0 aromatic carbocycles. The number of carbonyl (C=O) groups is 1. The molecule has 0 unspecified atom stereocenters. The largest absolute Gasteiger partial charge is 0.394 e. The third kappa shape index (κ3) is 10.9. The van der Waals surface area contributed by atoms with Crippen LogP contribution in [-0.4, -0.2) is 268 Å². The van der Waals surface area contributed by atoms with Crippen molar-refractivity contribution >= 4 is 5.91 Å². The van der Waals surface area contributed by atoms with Crippen molar-refractivity contribution in [3.63, 3.8) is 0 Å². The molecule has 1 amide bonds. The summed E-state index contributed by atoms with van der Waals surface area (Å²) in [6, 6.07) is -1.46. The number of ether oxygens (including phenoxy) is 8. The minimum atomic E-state index is -2.28. The summed E-state index contributed by atoms with van der Waals surface area (Å²) < 4.78 is 44.7. The quantitative estimate of drug-likeness (QED) is 0.0646. The second kappa shape index (κ2) is 21.5. The van der Waals surface area contributed by atoms with Crippen LogP contribution in [0.15, 0.2) is 0 Å². The first-order valence-corrected chi connectivity index (χ1v) is 18.4. The lowest BCUT2D eigenvalue weighted by atomic mass is 9.96. The molecule has 26 nitrogen and oxygen atoms in total. The summed E-state index contributed by atoms with van der Waals surface area (Å²) in [4.78, 5) is 11.8. The molecule has 26 heteroatoms. The van der Waals surface area contributed by atoms with Crippen LogP contribution in [0.25, 0.3) is 0 Å². The number of nitrogens with one attached hydrogen (secondary N) is 1. The third-order valence-electron chi connectivity index (χ3n) is 10.3. The summed E-state index contributed by atoms with van der Waals surface area (Å²) in [6.45, 7) is -2.44. The molecule has 4 fully saturated rings. The van der Waals surface area contributed by atoms with Crippen molar-refractivity contribution < 1.29 is 124 Å². The lowest BCUT2D eigenvalue weighted by molar-refractivity contribution is -0.394. The molecule has 340 valence electrons.